The third-order valence-corrected chi connectivity index (χ3v) is 2.35. The molecule has 16 heavy (non-hydrogen) atoms. The van der Waals surface area contributed by atoms with Crippen molar-refractivity contribution in [3.05, 3.63) is 17.8 Å². The molecule has 0 bridgehead atoms. The van der Waals surface area contributed by atoms with Gasteiger partial charge in [-0.25, -0.2) is 0 Å². The van der Waals surface area contributed by atoms with Gasteiger partial charge in [-0.2, -0.15) is 10.4 Å². The van der Waals surface area contributed by atoms with Gasteiger partial charge in [0, 0.05) is 6.54 Å². The van der Waals surface area contributed by atoms with Crippen molar-refractivity contribution in [1.82, 2.24) is 15.1 Å². The Kier molecular flexibility index (Phi) is 5.23. The first-order valence-corrected chi connectivity index (χ1v) is 5.38. The van der Waals surface area contributed by atoms with Crippen molar-refractivity contribution >= 4 is 0 Å². The van der Waals surface area contributed by atoms with Gasteiger partial charge in [0.25, 0.3) is 5.88 Å². The molecule has 0 aliphatic heterocycles. The SMILES string of the molecule is CCN(CC)CCOc1nnccc1C#N. The summed E-state index contributed by atoms with van der Waals surface area (Å²) < 4.78 is 5.42. The third-order valence-electron chi connectivity index (χ3n) is 2.35. The second-order valence-electron chi connectivity index (χ2n) is 3.24. The Morgan fingerprint density at radius 1 is 1.44 bits per heavy atom. The number of nitrogens with zero attached hydrogens (tertiary/aromatic N) is 4. The van der Waals surface area contributed by atoms with Crippen molar-refractivity contribution in [2.75, 3.05) is 26.2 Å². The van der Waals surface area contributed by atoms with Crippen LogP contribution in [0.3, 0.4) is 0 Å². The predicted molar refractivity (Wildman–Crippen MR) is 60.0 cm³/mol. The second kappa shape index (κ2) is 6.75. The van der Waals surface area contributed by atoms with Crippen LogP contribution in [0.5, 0.6) is 5.88 Å². The van der Waals surface area contributed by atoms with E-state index in [1.54, 1.807) is 6.07 Å². The van der Waals surface area contributed by atoms with Crippen molar-refractivity contribution in [3.63, 3.8) is 0 Å². The van der Waals surface area contributed by atoms with Gasteiger partial charge in [-0.15, -0.1) is 5.10 Å². The van der Waals surface area contributed by atoms with Crippen LogP contribution in [0.4, 0.5) is 0 Å². The molecule has 1 aromatic heterocycles. The zero-order valence-electron chi connectivity index (χ0n) is 9.68. The van der Waals surface area contributed by atoms with Crippen molar-refractivity contribution in [1.29, 1.82) is 5.26 Å². The van der Waals surface area contributed by atoms with E-state index in [0.717, 1.165) is 19.6 Å². The second-order valence-corrected chi connectivity index (χ2v) is 3.24. The van der Waals surface area contributed by atoms with E-state index in [1.807, 2.05) is 6.07 Å². The molecule has 1 rings (SSSR count). The molecule has 5 heteroatoms. The zero-order chi connectivity index (χ0) is 11.8. The first-order valence-electron chi connectivity index (χ1n) is 5.38. The van der Waals surface area contributed by atoms with Gasteiger partial charge in [0.15, 0.2) is 0 Å². The van der Waals surface area contributed by atoms with E-state index in [4.69, 9.17) is 10.00 Å². The van der Waals surface area contributed by atoms with Crippen molar-refractivity contribution in [2.24, 2.45) is 0 Å². The summed E-state index contributed by atoms with van der Waals surface area (Å²) in [6.45, 7) is 7.54. The van der Waals surface area contributed by atoms with Crippen molar-refractivity contribution < 1.29 is 4.74 Å². The molecule has 0 fully saturated rings. The van der Waals surface area contributed by atoms with Crippen LogP contribution in [0.25, 0.3) is 0 Å². The van der Waals surface area contributed by atoms with Gasteiger partial charge in [0.1, 0.15) is 18.2 Å². The number of nitriles is 1. The third kappa shape index (κ3) is 3.48. The normalized spacial score (nSPS) is 10.1. The smallest absolute Gasteiger partial charge is 0.251 e. The Bertz CT molecular complexity index is 357. The molecular weight excluding hydrogens is 204 g/mol. The fraction of sp³-hybridized carbons (Fsp3) is 0.545. The Morgan fingerprint density at radius 2 is 2.19 bits per heavy atom. The lowest BCUT2D eigenvalue weighted by Gasteiger charge is -2.17. The lowest BCUT2D eigenvalue weighted by Crippen LogP contribution is -2.28. The summed E-state index contributed by atoms with van der Waals surface area (Å²) in [5.74, 6) is 0.317. The summed E-state index contributed by atoms with van der Waals surface area (Å²) in [6.07, 6.45) is 1.48. The van der Waals surface area contributed by atoms with Crippen LogP contribution in [0, 0.1) is 11.3 Å². The van der Waals surface area contributed by atoms with Crippen LogP contribution in [-0.4, -0.2) is 41.3 Å². The van der Waals surface area contributed by atoms with E-state index < -0.39 is 0 Å². The van der Waals surface area contributed by atoms with E-state index in [2.05, 4.69) is 28.9 Å². The number of hydrogen-bond acceptors (Lipinski definition) is 5. The van der Waals surface area contributed by atoms with Gasteiger partial charge in [0.2, 0.25) is 0 Å². The summed E-state index contributed by atoms with van der Waals surface area (Å²) in [4.78, 5) is 2.24. The minimum atomic E-state index is 0.317. The maximum Gasteiger partial charge on any atom is 0.251 e. The van der Waals surface area contributed by atoms with Gasteiger partial charge >= 0.3 is 0 Å². The van der Waals surface area contributed by atoms with Gasteiger partial charge in [-0.05, 0) is 19.2 Å². The molecule has 86 valence electrons. The number of aromatic nitrogens is 2. The number of likely N-dealkylation sites (N-methyl/N-ethyl adjacent to an activating group) is 1. The van der Waals surface area contributed by atoms with Gasteiger partial charge in [-0.3, -0.25) is 0 Å². The molecule has 0 radical (unpaired) electrons. The summed E-state index contributed by atoms with van der Waals surface area (Å²) in [7, 11) is 0. The van der Waals surface area contributed by atoms with Crippen LogP contribution in [0.2, 0.25) is 0 Å². The minimum Gasteiger partial charge on any atom is -0.474 e. The largest absolute Gasteiger partial charge is 0.474 e. The molecule has 0 aliphatic carbocycles. The average Bonchev–Trinajstić information content (AvgIpc) is 2.35. The molecule has 0 amide bonds. The van der Waals surface area contributed by atoms with E-state index in [1.165, 1.54) is 6.20 Å². The lowest BCUT2D eigenvalue weighted by molar-refractivity contribution is 0.216. The van der Waals surface area contributed by atoms with Crippen LogP contribution in [-0.2, 0) is 0 Å². The number of rotatable bonds is 6. The maximum atomic E-state index is 8.81. The van der Waals surface area contributed by atoms with Gasteiger partial charge in [0.05, 0.1) is 6.20 Å². The monoisotopic (exact) mass is 220 g/mol. The van der Waals surface area contributed by atoms with Crippen LogP contribution >= 0.6 is 0 Å². The summed E-state index contributed by atoms with van der Waals surface area (Å²) >= 11 is 0. The Balaban J connectivity index is 2.46. The van der Waals surface area contributed by atoms with E-state index in [9.17, 15) is 0 Å². The number of hydrogen-bond donors (Lipinski definition) is 0. The molecule has 0 saturated carbocycles. The molecule has 5 nitrogen and oxygen atoms in total. The Labute approximate surface area is 95.7 Å². The average molecular weight is 220 g/mol. The van der Waals surface area contributed by atoms with Gasteiger partial charge < -0.3 is 9.64 Å². The molecule has 1 heterocycles. The van der Waals surface area contributed by atoms with Crippen molar-refractivity contribution in [2.45, 2.75) is 13.8 Å². The molecule has 0 spiro atoms. The quantitative estimate of drug-likeness (QED) is 0.717. The van der Waals surface area contributed by atoms with Crippen LogP contribution in [0.1, 0.15) is 19.4 Å². The fourth-order valence-electron chi connectivity index (χ4n) is 1.32. The Morgan fingerprint density at radius 3 is 2.81 bits per heavy atom. The molecule has 0 N–H and O–H groups in total. The minimum absolute atomic E-state index is 0.317. The Hall–Kier alpha value is -1.67. The van der Waals surface area contributed by atoms with Crippen LogP contribution < -0.4 is 4.74 Å². The van der Waals surface area contributed by atoms with E-state index in [-0.39, 0.29) is 0 Å². The van der Waals surface area contributed by atoms with E-state index >= 15 is 0 Å². The number of ether oxygens (including phenoxy) is 1. The molecule has 0 unspecified atom stereocenters. The lowest BCUT2D eigenvalue weighted by atomic mass is 10.3. The molecule has 0 saturated heterocycles. The first kappa shape index (κ1) is 12.4. The highest BCUT2D eigenvalue weighted by Gasteiger charge is 2.05. The predicted octanol–water partition coefficient (Wildman–Crippen LogP) is 1.07. The standard InChI is InChI=1S/C11H16N4O/c1-3-15(4-2)7-8-16-11-10(9-12)5-6-13-14-11/h5-6H,3-4,7-8H2,1-2H3. The molecule has 1 aromatic rings. The van der Waals surface area contributed by atoms with Gasteiger partial charge in [-0.1, -0.05) is 13.8 Å². The highest BCUT2D eigenvalue weighted by Crippen LogP contribution is 2.10. The maximum absolute atomic E-state index is 8.81. The molecule has 0 aromatic carbocycles. The highest BCUT2D eigenvalue weighted by atomic mass is 16.5. The molecule has 0 atom stereocenters. The topological polar surface area (TPSA) is 62.0 Å². The first-order chi connectivity index (χ1) is 7.81. The van der Waals surface area contributed by atoms with Crippen molar-refractivity contribution in [3.8, 4) is 11.9 Å². The van der Waals surface area contributed by atoms with Crippen LogP contribution in [0.15, 0.2) is 12.3 Å². The molecular formula is C11H16N4O. The summed E-state index contributed by atoms with van der Waals surface area (Å²) in [5.41, 5.74) is 0.426. The van der Waals surface area contributed by atoms with E-state index in [0.29, 0.717) is 18.1 Å². The zero-order valence-corrected chi connectivity index (χ0v) is 9.68. The molecule has 0 aliphatic rings. The summed E-state index contributed by atoms with van der Waals surface area (Å²) in [5, 5.41) is 16.3. The fourth-order valence-corrected chi connectivity index (χ4v) is 1.32. The summed E-state index contributed by atoms with van der Waals surface area (Å²) in [6, 6.07) is 3.62. The highest BCUT2D eigenvalue weighted by molar-refractivity contribution is 5.35.